The molecule has 0 radical (unpaired) electrons. The number of anilines is 1. The molecule has 2 aromatic carbocycles. The Labute approximate surface area is 205 Å². The van der Waals surface area contributed by atoms with Gasteiger partial charge in [0, 0.05) is 5.69 Å². The molecule has 0 spiro atoms. The van der Waals surface area contributed by atoms with Crippen LogP contribution < -0.4 is 96.9 Å². The number of benzene rings is 2. The zero-order valence-electron chi connectivity index (χ0n) is 13.3. The zero-order chi connectivity index (χ0) is 16.6. The van der Waals surface area contributed by atoms with Gasteiger partial charge in [-0.3, -0.25) is 4.18 Å². The van der Waals surface area contributed by atoms with Gasteiger partial charge in [-0.05, 0) is 36.0 Å². The summed E-state index contributed by atoms with van der Waals surface area (Å²) in [5.74, 6) is 0. The molecule has 0 aliphatic rings. The second-order valence-corrected chi connectivity index (χ2v) is 5.64. The van der Waals surface area contributed by atoms with Crippen LogP contribution in [0.15, 0.2) is 59.5 Å². The first kappa shape index (κ1) is 26.3. The van der Waals surface area contributed by atoms with Crippen molar-refractivity contribution in [2.75, 3.05) is 5.73 Å². The monoisotopic (exact) mass is 385 g/mol. The Balaban J connectivity index is 0. The number of hydrogen-bond donors (Lipinski definition) is 1. The van der Waals surface area contributed by atoms with E-state index < -0.39 is 16.3 Å². The van der Waals surface area contributed by atoms with Gasteiger partial charge in [0.05, 0.1) is 11.5 Å². The molecule has 0 aliphatic heterocycles. The van der Waals surface area contributed by atoms with Gasteiger partial charge in [-0.2, -0.15) is 8.42 Å². The molecule has 2 rings (SSSR count). The summed E-state index contributed by atoms with van der Waals surface area (Å²) in [4.78, 5) is 8.44. The van der Waals surface area contributed by atoms with E-state index in [0.29, 0.717) is 5.69 Å². The van der Waals surface area contributed by atoms with Gasteiger partial charge in [-0.15, -0.1) is 0 Å². The first-order valence-electron chi connectivity index (χ1n) is 5.98. The Bertz CT molecular complexity index is 706. The van der Waals surface area contributed by atoms with Crippen LogP contribution in [-0.2, 0) is 20.9 Å². The molecule has 2 N–H and O–H groups in total. The molecule has 10 heteroatoms. The molecule has 0 saturated carbocycles. The van der Waals surface area contributed by atoms with Gasteiger partial charge in [-0.1, -0.05) is 30.3 Å². The van der Waals surface area contributed by atoms with Crippen LogP contribution in [0, 0.1) is 0 Å². The second-order valence-electron chi connectivity index (χ2n) is 4.02. The van der Waals surface area contributed by atoms with Crippen LogP contribution in [0.5, 0.6) is 0 Å². The summed E-state index contributed by atoms with van der Waals surface area (Å²) < 4.78 is 28.7. The van der Waals surface area contributed by atoms with E-state index >= 15 is 0 Å². The summed E-state index contributed by atoms with van der Waals surface area (Å²) in [6.07, 6.45) is -2.33. The van der Waals surface area contributed by atoms with Gasteiger partial charge in [0.25, 0.3) is 10.1 Å². The van der Waals surface area contributed by atoms with E-state index in [4.69, 9.17) is 24.9 Å². The smallest absolute Gasteiger partial charge is 0.652 e. The summed E-state index contributed by atoms with van der Waals surface area (Å²) in [5.41, 5.74) is 6.81. The van der Waals surface area contributed by atoms with Gasteiger partial charge < -0.3 is 20.7 Å². The van der Waals surface area contributed by atoms with Crippen LogP contribution in [-0.4, -0.2) is 14.6 Å². The number of nitrogens with two attached hydrogens (primary N) is 1. The third-order valence-electron chi connectivity index (χ3n) is 2.39. The van der Waals surface area contributed by atoms with Crippen molar-refractivity contribution < 1.29 is 109 Å². The minimum atomic E-state index is -3.73. The van der Waals surface area contributed by atoms with E-state index in [2.05, 4.69) is 0 Å². The molecular formula is C14H13KNNaO6S. The Morgan fingerprint density at radius 2 is 1.46 bits per heavy atom. The molecule has 0 atom stereocenters. The first-order valence-corrected chi connectivity index (χ1v) is 7.39. The maximum Gasteiger partial charge on any atom is 1.00 e. The summed E-state index contributed by atoms with van der Waals surface area (Å²) >= 11 is 0. The number of rotatable bonds is 4. The van der Waals surface area contributed by atoms with E-state index in [1.807, 2.05) is 18.2 Å². The molecular weight excluding hydrogens is 372 g/mol. The minimum Gasteiger partial charge on any atom is -0.652 e. The largest absolute Gasteiger partial charge is 1.00 e. The summed E-state index contributed by atoms with van der Waals surface area (Å²) in [6.45, 7) is 0.0214. The summed E-state index contributed by atoms with van der Waals surface area (Å²) in [7, 11) is -3.73. The van der Waals surface area contributed by atoms with Gasteiger partial charge in [0.15, 0.2) is 0 Å². The molecule has 0 fully saturated rings. The number of carboxylic acid groups (broad SMARTS) is 2. The topological polar surface area (TPSA) is 133 Å². The molecule has 0 aliphatic carbocycles. The van der Waals surface area contributed by atoms with Crippen LogP contribution in [0.25, 0.3) is 0 Å². The number of carbonyl (C=O) groups is 1. The van der Waals surface area contributed by atoms with Gasteiger partial charge in [0.2, 0.25) is 0 Å². The van der Waals surface area contributed by atoms with Crippen molar-refractivity contribution >= 4 is 22.0 Å². The van der Waals surface area contributed by atoms with Crippen LogP contribution in [0.4, 0.5) is 10.5 Å². The fourth-order valence-corrected chi connectivity index (χ4v) is 2.32. The number of nitrogen functional groups attached to an aromatic ring is 1. The van der Waals surface area contributed by atoms with E-state index in [9.17, 15) is 8.42 Å². The van der Waals surface area contributed by atoms with Crippen LogP contribution in [0.1, 0.15) is 5.56 Å². The van der Waals surface area contributed by atoms with Crippen molar-refractivity contribution in [1.82, 2.24) is 0 Å². The zero-order valence-corrected chi connectivity index (χ0v) is 19.3. The Kier molecular flexibility index (Phi) is 14.6. The molecule has 0 heterocycles. The summed E-state index contributed by atoms with van der Waals surface area (Å²) in [5, 5.41) is 16.7. The van der Waals surface area contributed by atoms with E-state index in [0.717, 1.165) is 5.56 Å². The second kappa shape index (κ2) is 13.3. The standard InChI is InChI=1S/C13H13NO3S.CH2O3.K.Na/c14-12-6-8-13(9-7-12)18(15,16)17-10-11-4-2-1-3-5-11;2-1(3)4;;/h1-9H,10,14H2;(H2,2,3,4);;/q;;2*+1/p-2. The normalized spacial score (nSPS) is 9.50. The predicted octanol–water partition coefficient (Wildman–Crippen LogP) is -6.26. The Hall–Kier alpha value is 0.0564. The van der Waals surface area contributed by atoms with Gasteiger partial charge in [-0.25, -0.2) is 0 Å². The third-order valence-corrected chi connectivity index (χ3v) is 3.67. The van der Waals surface area contributed by atoms with Crippen molar-refractivity contribution in [3.05, 3.63) is 60.2 Å². The van der Waals surface area contributed by atoms with Crippen molar-refractivity contribution in [2.45, 2.75) is 11.5 Å². The first-order chi connectivity index (χ1) is 10.3. The van der Waals surface area contributed by atoms with Gasteiger partial charge >= 0.3 is 80.9 Å². The molecule has 0 aromatic heterocycles. The predicted molar refractivity (Wildman–Crippen MR) is 74.7 cm³/mol. The van der Waals surface area contributed by atoms with Crippen LogP contribution >= 0.6 is 0 Å². The van der Waals surface area contributed by atoms with Crippen molar-refractivity contribution in [1.29, 1.82) is 0 Å². The van der Waals surface area contributed by atoms with Crippen LogP contribution in [0.2, 0.25) is 0 Å². The fourth-order valence-electron chi connectivity index (χ4n) is 1.42. The maximum absolute atomic E-state index is 11.9. The van der Waals surface area contributed by atoms with E-state index in [1.54, 1.807) is 12.1 Å². The van der Waals surface area contributed by atoms with Crippen molar-refractivity contribution in [3.8, 4) is 0 Å². The average molecular weight is 385 g/mol. The molecule has 0 bridgehead atoms. The van der Waals surface area contributed by atoms with Crippen molar-refractivity contribution in [3.63, 3.8) is 0 Å². The molecule has 0 amide bonds. The third kappa shape index (κ3) is 10.8. The average Bonchev–Trinajstić information content (AvgIpc) is 2.46. The van der Waals surface area contributed by atoms with Gasteiger partial charge in [0.1, 0.15) is 0 Å². The van der Waals surface area contributed by atoms with E-state index in [1.165, 1.54) is 24.3 Å². The maximum atomic E-state index is 11.9. The fraction of sp³-hybridized carbons (Fsp3) is 0.0714. The quantitative estimate of drug-likeness (QED) is 0.314. The van der Waals surface area contributed by atoms with E-state index in [-0.39, 0.29) is 92.4 Å². The molecule has 7 nitrogen and oxygen atoms in total. The molecule has 24 heavy (non-hydrogen) atoms. The Morgan fingerprint density at radius 1 is 1.00 bits per heavy atom. The molecule has 2 aromatic rings. The number of hydrogen-bond acceptors (Lipinski definition) is 7. The van der Waals surface area contributed by atoms with Crippen molar-refractivity contribution in [2.24, 2.45) is 0 Å². The molecule has 0 unspecified atom stereocenters. The number of carbonyl (C=O) groups excluding carboxylic acids is 1. The molecule has 0 saturated heterocycles. The Morgan fingerprint density at radius 3 is 1.92 bits per heavy atom. The molecule has 118 valence electrons. The minimum absolute atomic E-state index is 0. The summed E-state index contributed by atoms with van der Waals surface area (Å²) in [6, 6.07) is 15.0. The SMILES string of the molecule is Nc1ccc(S(=O)(=O)OCc2ccccc2)cc1.O=C([O-])[O-].[K+].[Na+]. The van der Waals surface area contributed by atoms with Crippen LogP contribution in [0.3, 0.4) is 0 Å².